The van der Waals surface area contributed by atoms with Gasteiger partial charge in [-0.2, -0.15) is 0 Å². The fourth-order valence-electron chi connectivity index (χ4n) is 2.87. The van der Waals surface area contributed by atoms with Crippen molar-refractivity contribution in [2.75, 3.05) is 23.8 Å². The Morgan fingerprint density at radius 1 is 0.926 bits per heavy atom. The summed E-state index contributed by atoms with van der Waals surface area (Å²) in [6.07, 6.45) is 4.99. The Balaban J connectivity index is 1.51. The molecule has 4 heteroatoms. The summed E-state index contributed by atoms with van der Waals surface area (Å²) >= 11 is 0. The molecule has 0 aliphatic heterocycles. The first-order chi connectivity index (χ1) is 13.1. The molecule has 0 radical (unpaired) electrons. The minimum Gasteiger partial charge on any atom is -0.374 e. The number of benzene rings is 2. The number of nitrogens with one attached hydrogen (secondary N) is 1. The Morgan fingerprint density at radius 3 is 2.26 bits per heavy atom. The largest absolute Gasteiger partial charge is 0.374 e. The number of anilines is 2. The summed E-state index contributed by atoms with van der Waals surface area (Å²) in [7, 11) is 2.08. The number of hydrogen-bond acceptors (Lipinski definition) is 3. The first-order valence-corrected chi connectivity index (χ1v) is 9.15. The number of amides is 1. The third-order valence-electron chi connectivity index (χ3n) is 4.56. The van der Waals surface area contributed by atoms with Crippen LogP contribution in [0.2, 0.25) is 0 Å². The van der Waals surface area contributed by atoms with Crippen molar-refractivity contribution in [3.05, 3.63) is 89.7 Å². The number of carbonyl (C=O) groups is 1. The average molecular weight is 359 g/mol. The van der Waals surface area contributed by atoms with Gasteiger partial charge in [-0.1, -0.05) is 29.8 Å². The van der Waals surface area contributed by atoms with Crippen molar-refractivity contribution < 1.29 is 4.79 Å². The van der Waals surface area contributed by atoms with E-state index in [2.05, 4.69) is 22.2 Å². The summed E-state index contributed by atoms with van der Waals surface area (Å²) in [6, 6.07) is 20.1. The molecule has 1 amide bonds. The number of likely N-dealkylation sites (N-methyl/N-ethyl adjacent to an activating group) is 1. The lowest BCUT2D eigenvalue weighted by Gasteiger charge is -2.19. The monoisotopic (exact) mass is 359 g/mol. The van der Waals surface area contributed by atoms with Gasteiger partial charge in [-0.05, 0) is 60.9 Å². The number of rotatable bonds is 7. The van der Waals surface area contributed by atoms with E-state index < -0.39 is 0 Å². The van der Waals surface area contributed by atoms with Gasteiger partial charge >= 0.3 is 0 Å². The maximum atomic E-state index is 12.2. The van der Waals surface area contributed by atoms with Crippen molar-refractivity contribution in [2.45, 2.75) is 19.8 Å². The van der Waals surface area contributed by atoms with Crippen LogP contribution in [0.5, 0.6) is 0 Å². The summed E-state index contributed by atoms with van der Waals surface area (Å²) in [5.41, 5.74) is 5.43. The number of pyridine rings is 1. The second-order valence-electron chi connectivity index (χ2n) is 6.78. The number of hydrogen-bond donors (Lipinski definition) is 1. The van der Waals surface area contributed by atoms with Gasteiger partial charge in [-0.3, -0.25) is 9.78 Å². The predicted molar refractivity (Wildman–Crippen MR) is 111 cm³/mol. The van der Waals surface area contributed by atoms with E-state index in [1.807, 2.05) is 80.0 Å². The Kier molecular flexibility index (Phi) is 6.21. The van der Waals surface area contributed by atoms with Crippen molar-refractivity contribution in [3.63, 3.8) is 0 Å². The second kappa shape index (κ2) is 8.99. The van der Waals surface area contributed by atoms with Crippen LogP contribution in [0.25, 0.3) is 0 Å². The smallest absolute Gasteiger partial charge is 0.228 e. The van der Waals surface area contributed by atoms with E-state index in [-0.39, 0.29) is 5.91 Å². The Labute approximate surface area is 160 Å². The lowest BCUT2D eigenvalue weighted by molar-refractivity contribution is -0.115. The predicted octanol–water partition coefficient (Wildman–Crippen LogP) is 4.25. The summed E-state index contributed by atoms with van der Waals surface area (Å²) in [5, 5.41) is 2.96. The molecule has 138 valence electrons. The molecule has 0 saturated carbocycles. The fourth-order valence-corrected chi connectivity index (χ4v) is 2.87. The van der Waals surface area contributed by atoms with E-state index in [0.29, 0.717) is 6.42 Å². The molecule has 0 atom stereocenters. The molecule has 0 bridgehead atoms. The van der Waals surface area contributed by atoms with Gasteiger partial charge in [0.2, 0.25) is 5.91 Å². The van der Waals surface area contributed by atoms with E-state index >= 15 is 0 Å². The van der Waals surface area contributed by atoms with Gasteiger partial charge < -0.3 is 10.2 Å². The maximum absolute atomic E-state index is 12.2. The van der Waals surface area contributed by atoms with Crippen LogP contribution >= 0.6 is 0 Å². The van der Waals surface area contributed by atoms with Crippen LogP contribution in [0.3, 0.4) is 0 Å². The van der Waals surface area contributed by atoms with E-state index in [1.165, 1.54) is 11.1 Å². The molecule has 3 aromatic rings. The first-order valence-electron chi connectivity index (χ1n) is 9.15. The Morgan fingerprint density at radius 2 is 1.59 bits per heavy atom. The number of aryl methyl sites for hydroxylation is 1. The van der Waals surface area contributed by atoms with E-state index in [9.17, 15) is 4.79 Å². The topological polar surface area (TPSA) is 45.2 Å². The van der Waals surface area contributed by atoms with Crippen LogP contribution in [-0.4, -0.2) is 24.5 Å². The third-order valence-corrected chi connectivity index (χ3v) is 4.56. The van der Waals surface area contributed by atoms with Gasteiger partial charge in [-0.25, -0.2) is 0 Å². The third kappa shape index (κ3) is 5.68. The van der Waals surface area contributed by atoms with Gasteiger partial charge in [0.05, 0.1) is 6.42 Å². The SMILES string of the molecule is Cc1ccc(CC(=O)Nc2ccc(N(C)CCc3ccncc3)cc2)cc1. The normalized spacial score (nSPS) is 10.4. The van der Waals surface area contributed by atoms with Crippen molar-refractivity contribution in [2.24, 2.45) is 0 Å². The zero-order valence-electron chi connectivity index (χ0n) is 15.9. The van der Waals surface area contributed by atoms with Crippen LogP contribution in [0, 0.1) is 6.92 Å². The lowest BCUT2D eigenvalue weighted by Crippen LogP contribution is -2.20. The molecule has 3 rings (SSSR count). The second-order valence-corrected chi connectivity index (χ2v) is 6.78. The van der Waals surface area contributed by atoms with Crippen molar-refractivity contribution >= 4 is 17.3 Å². The van der Waals surface area contributed by atoms with Crippen LogP contribution in [0.15, 0.2) is 73.1 Å². The Bertz CT molecular complexity index is 858. The maximum Gasteiger partial charge on any atom is 0.228 e. The number of carbonyl (C=O) groups excluding carboxylic acids is 1. The molecule has 1 heterocycles. The van der Waals surface area contributed by atoms with Crippen molar-refractivity contribution in [1.29, 1.82) is 0 Å². The zero-order chi connectivity index (χ0) is 19.1. The minimum absolute atomic E-state index is 0.00218. The number of aromatic nitrogens is 1. The summed E-state index contributed by atoms with van der Waals surface area (Å²) in [6.45, 7) is 2.96. The molecule has 27 heavy (non-hydrogen) atoms. The van der Waals surface area contributed by atoms with Gasteiger partial charge in [-0.15, -0.1) is 0 Å². The van der Waals surface area contributed by atoms with Crippen molar-refractivity contribution in [3.8, 4) is 0 Å². The molecule has 0 spiro atoms. The fraction of sp³-hybridized carbons (Fsp3) is 0.217. The highest BCUT2D eigenvalue weighted by Crippen LogP contribution is 2.17. The van der Waals surface area contributed by atoms with Crippen LogP contribution in [0.4, 0.5) is 11.4 Å². The average Bonchev–Trinajstić information content (AvgIpc) is 2.69. The highest BCUT2D eigenvalue weighted by atomic mass is 16.1. The van der Waals surface area contributed by atoms with Crippen LogP contribution in [0.1, 0.15) is 16.7 Å². The van der Waals surface area contributed by atoms with Gasteiger partial charge in [0.1, 0.15) is 0 Å². The lowest BCUT2D eigenvalue weighted by atomic mass is 10.1. The van der Waals surface area contributed by atoms with E-state index in [1.54, 1.807) is 0 Å². The summed E-state index contributed by atoms with van der Waals surface area (Å²) in [4.78, 5) is 18.5. The molecule has 0 saturated heterocycles. The molecule has 0 unspecified atom stereocenters. The first kappa shape index (κ1) is 18.6. The highest BCUT2D eigenvalue weighted by molar-refractivity contribution is 5.92. The standard InChI is InChI=1S/C23H25N3O/c1-18-3-5-20(6-4-18)17-23(27)25-21-7-9-22(10-8-21)26(2)16-13-19-11-14-24-15-12-19/h3-12,14-15H,13,16-17H2,1-2H3,(H,25,27). The Hall–Kier alpha value is -3.14. The van der Waals surface area contributed by atoms with Gasteiger partial charge in [0.15, 0.2) is 0 Å². The molecular formula is C23H25N3O. The molecule has 0 aliphatic carbocycles. The van der Waals surface area contributed by atoms with E-state index in [0.717, 1.165) is 29.9 Å². The molecule has 1 N–H and O–H groups in total. The molecular weight excluding hydrogens is 334 g/mol. The van der Waals surface area contributed by atoms with Crippen LogP contribution < -0.4 is 10.2 Å². The number of nitrogens with zero attached hydrogens (tertiary/aromatic N) is 2. The molecule has 0 aliphatic rings. The molecule has 1 aromatic heterocycles. The summed E-state index contributed by atoms with van der Waals surface area (Å²) in [5.74, 6) is -0.00218. The van der Waals surface area contributed by atoms with Crippen LogP contribution in [-0.2, 0) is 17.6 Å². The molecule has 4 nitrogen and oxygen atoms in total. The van der Waals surface area contributed by atoms with Gasteiger partial charge in [0.25, 0.3) is 0 Å². The quantitative estimate of drug-likeness (QED) is 0.686. The zero-order valence-corrected chi connectivity index (χ0v) is 15.9. The molecule has 2 aromatic carbocycles. The van der Waals surface area contributed by atoms with Crippen molar-refractivity contribution in [1.82, 2.24) is 4.98 Å². The van der Waals surface area contributed by atoms with Gasteiger partial charge in [0, 0.05) is 37.4 Å². The minimum atomic E-state index is -0.00218. The highest BCUT2D eigenvalue weighted by Gasteiger charge is 2.06. The van der Waals surface area contributed by atoms with E-state index in [4.69, 9.17) is 0 Å². The molecule has 0 fully saturated rings. The summed E-state index contributed by atoms with van der Waals surface area (Å²) < 4.78 is 0.